The Hall–Kier alpha value is -3.21. The zero-order chi connectivity index (χ0) is 14.7. The molecule has 0 aliphatic rings. The van der Waals surface area contributed by atoms with Crippen LogP contribution in [0.15, 0.2) is 24.5 Å². The molecule has 2 aromatic rings. The summed E-state index contributed by atoms with van der Waals surface area (Å²) in [6.07, 6.45) is 1.24. The molecule has 0 atom stereocenters. The molecule has 8 heteroatoms. The summed E-state index contributed by atoms with van der Waals surface area (Å²) >= 11 is 0. The van der Waals surface area contributed by atoms with Crippen molar-refractivity contribution in [3.8, 4) is 11.8 Å². The lowest BCUT2D eigenvalue weighted by molar-refractivity contribution is 0.0586. The molecule has 0 aliphatic heterocycles. The van der Waals surface area contributed by atoms with Crippen LogP contribution in [-0.4, -0.2) is 38.9 Å². The van der Waals surface area contributed by atoms with Crippen molar-refractivity contribution in [1.29, 1.82) is 5.26 Å². The van der Waals surface area contributed by atoms with Gasteiger partial charge in [0.2, 0.25) is 0 Å². The van der Waals surface area contributed by atoms with E-state index in [4.69, 9.17) is 10.4 Å². The molecule has 2 rings (SSSR count). The summed E-state index contributed by atoms with van der Waals surface area (Å²) in [5.74, 6) is -2.00. The van der Waals surface area contributed by atoms with Crippen LogP contribution in [0.1, 0.15) is 26.5 Å². The van der Waals surface area contributed by atoms with Gasteiger partial charge in [0.15, 0.2) is 0 Å². The maximum absolute atomic E-state index is 11.3. The van der Waals surface area contributed by atoms with Crippen LogP contribution in [0.2, 0.25) is 0 Å². The molecule has 100 valence electrons. The number of carboxylic acids is 1. The quantitative estimate of drug-likeness (QED) is 0.813. The summed E-state index contributed by atoms with van der Waals surface area (Å²) in [5, 5.41) is 21.8. The van der Waals surface area contributed by atoms with Gasteiger partial charge in [0.25, 0.3) is 5.82 Å². The molecule has 0 spiro atoms. The van der Waals surface area contributed by atoms with Crippen LogP contribution in [0.4, 0.5) is 0 Å². The zero-order valence-electron chi connectivity index (χ0n) is 10.3. The van der Waals surface area contributed by atoms with E-state index >= 15 is 0 Å². The monoisotopic (exact) mass is 272 g/mol. The van der Waals surface area contributed by atoms with E-state index < -0.39 is 11.9 Å². The molecule has 0 amide bonds. The van der Waals surface area contributed by atoms with Crippen molar-refractivity contribution in [3.05, 3.63) is 41.5 Å². The van der Waals surface area contributed by atoms with Crippen LogP contribution >= 0.6 is 0 Å². The highest BCUT2D eigenvalue weighted by Crippen LogP contribution is 2.15. The van der Waals surface area contributed by atoms with Gasteiger partial charge in [-0.25, -0.2) is 19.3 Å². The molecule has 0 unspecified atom stereocenters. The number of esters is 1. The van der Waals surface area contributed by atoms with E-state index in [0.717, 1.165) is 0 Å². The van der Waals surface area contributed by atoms with Gasteiger partial charge in [-0.3, -0.25) is 0 Å². The molecule has 0 bridgehead atoms. The first-order chi connectivity index (χ1) is 9.56. The molecule has 1 aromatic carbocycles. The number of carbonyl (C=O) groups excluding carboxylic acids is 1. The third-order valence-electron chi connectivity index (χ3n) is 2.47. The lowest BCUT2D eigenvalue weighted by Crippen LogP contribution is -2.06. The summed E-state index contributed by atoms with van der Waals surface area (Å²) in [4.78, 5) is 25.8. The number of hydrogen-bond acceptors (Lipinski definition) is 6. The number of aromatic nitrogens is 3. The Balaban J connectivity index is 2.48. The second kappa shape index (κ2) is 5.19. The van der Waals surface area contributed by atoms with Crippen molar-refractivity contribution in [3.63, 3.8) is 0 Å². The first kappa shape index (κ1) is 13.2. The summed E-state index contributed by atoms with van der Waals surface area (Å²) < 4.78 is 5.68. The molecule has 1 aromatic heterocycles. The molecule has 0 fully saturated rings. The number of nitriles is 1. The Kier molecular flexibility index (Phi) is 3.43. The molecule has 0 saturated heterocycles. The highest BCUT2D eigenvalue weighted by Gasteiger charge is 2.15. The molecule has 1 N–H and O–H groups in total. The Bertz CT molecular complexity index is 729. The summed E-state index contributed by atoms with van der Waals surface area (Å²) in [7, 11) is 1.20. The van der Waals surface area contributed by atoms with Crippen LogP contribution in [0.25, 0.3) is 5.69 Å². The number of ether oxygens (including phenoxy) is 1. The van der Waals surface area contributed by atoms with E-state index in [-0.39, 0.29) is 17.0 Å². The lowest BCUT2D eigenvalue weighted by atomic mass is 10.1. The van der Waals surface area contributed by atoms with Crippen molar-refractivity contribution in [2.75, 3.05) is 7.11 Å². The minimum Gasteiger partial charge on any atom is -0.478 e. The number of carboxylic acid groups (broad SMARTS) is 1. The molecule has 1 heterocycles. The van der Waals surface area contributed by atoms with E-state index in [2.05, 4.69) is 14.8 Å². The Labute approximate surface area is 112 Å². The topological polar surface area (TPSA) is 118 Å². The Morgan fingerprint density at radius 3 is 2.80 bits per heavy atom. The molecule has 20 heavy (non-hydrogen) atoms. The fourth-order valence-corrected chi connectivity index (χ4v) is 1.52. The molecular formula is C12H8N4O4. The highest BCUT2D eigenvalue weighted by atomic mass is 16.5. The van der Waals surface area contributed by atoms with Crippen molar-refractivity contribution in [2.24, 2.45) is 0 Å². The molecular weight excluding hydrogens is 264 g/mol. The van der Waals surface area contributed by atoms with Crippen LogP contribution in [0, 0.1) is 11.3 Å². The average Bonchev–Trinajstić information content (AvgIpc) is 2.95. The van der Waals surface area contributed by atoms with Gasteiger partial charge in [0, 0.05) is 0 Å². The van der Waals surface area contributed by atoms with Crippen LogP contribution in [0.3, 0.4) is 0 Å². The first-order valence-electron chi connectivity index (χ1n) is 5.34. The number of rotatable bonds is 3. The van der Waals surface area contributed by atoms with Crippen molar-refractivity contribution < 1.29 is 19.4 Å². The normalized spacial score (nSPS) is 9.80. The van der Waals surface area contributed by atoms with Gasteiger partial charge in [0.05, 0.1) is 23.9 Å². The molecule has 0 radical (unpaired) electrons. The van der Waals surface area contributed by atoms with Gasteiger partial charge in [0.1, 0.15) is 12.4 Å². The lowest BCUT2D eigenvalue weighted by Gasteiger charge is -2.04. The largest absolute Gasteiger partial charge is 0.478 e. The smallest absolute Gasteiger partial charge is 0.377 e. The van der Waals surface area contributed by atoms with Crippen molar-refractivity contribution in [2.45, 2.75) is 0 Å². The molecule has 0 saturated carbocycles. The van der Waals surface area contributed by atoms with Gasteiger partial charge in [-0.1, -0.05) is 0 Å². The van der Waals surface area contributed by atoms with E-state index in [1.54, 1.807) is 0 Å². The van der Waals surface area contributed by atoms with Crippen LogP contribution in [-0.2, 0) is 4.74 Å². The van der Waals surface area contributed by atoms with Gasteiger partial charge < -0.3 is 9.84 Å². The SMILES string of the molecule is COC(=O)c1ncn(-c2ccc(C(=O)O)cc2C#N)n1. The van der Waals surface area contributed by atoms with E-state index in [0.29, 0.717) is 5.69 Å². The van der Waals surface area contributed by atoms with E-state index in [9.17, 15) is 9.59 Å². The van der Waals surface area contributed by atoms with Gasteiger partial charge in [-0.15, -0.1) is 5.10 Å². The van der Waals surface area contributed by atoms with Crippen LogP contribution < -0.4 is 0 Å². The predicted octanol–water partition coefficient (Wildman–Crippen LogP) is 0.624. The maximum Gasteiger partial charge on any atom is 0.377 e. The number of methoxy groups -OCH3 is 1. The Morgan fingerprint density at radius 2 is 2.20 bits per heavy atom. The summed E-state index contributed by atoms with van der Waals surface area (Å²) in [6, 6.07) is 5.84. The summed E-state index contributed by atoms with van der Waals surface area (Å²) in [6.45, 7) is 0. The van der Waals surface area contributed by atoms with Crippen molar-refractivity contribution in [1.82, 2.24) is 14.8 Å². The third-order valence-corrected chi connectivity index (χ3v) is 2.47. The number of carbonyl (C=O) groups is 2. The highest BCUT2D eigenvalue weighted by molar-refractivity contribution is 5.88. The molecule has 0 aliphatic carbocycles. The maximum atomic E-state index is 11.3. The second-order valence-corrected chi connectivity index (χ2v) is 3.65. The number of aromatic carboxylic acids is 1. The van der Waals surface area contributed by atoms with Crippen LogP contribution in [0.5, 0.6) is 0 Å². The predicted molar refractivity (Wildman–Crippen MR) is 64.4 cm³/mol. The van der Waals surface area contributed by atoms with Crippen molar-refractivity contribution >= 4 is 11.9 Å². The van der Waals surface area contributed by atoms with E-state index in [1.807, 2.05) is 6.07 Å². The fourth-order valence-electron chi connectivity index (χ4n) is 1.52. The number of nitrogens with zero attached hydrogens (tertiary/aromatic N) is 4. The van der Waals surface area contributed by atoms with E-state index in [1.165, 1.54) is 36.3 Å². The summed E-state index contributed by atoms with van der Waals surface area (Å²) in [5.41, 5.74) is 0.407. The first-order valence-corrected chi connectivity index (χ1v) is 5.34. The minimum atomic E-state index is -1.14. The standard InChI is InChI=1S/C12H8N4O4/c1-20-12(19)10-14-6-16(15-10)9-3-2-7(11(17)18)4-8(9)5-13/h2-4,6H,1H3,(H,17,18). The zero-order valence-corrected chi connectivity index (χ0v) is 10.3. The number of benzene rings is 1. The second-order valence-electron chi connectivity index (χ2n) is 3.65. The minimum absolute atomic E-state index is 0.0152. The average molecular weight is 272 g/mol. The third kappa shape index (κ3) is 2.32. The van der Waals surface area contributed by atoms with Gasteiger partial charge in [-0.2, -0.15) is 5.26 Å². The number of hydrogen-bond donors (Lipinski definition) is 1. The molecule has 8 nitrogen and oxygen atoms in total. The Morgan fingerprint density at radius 1 is 1.45 bits per heavy atom. The fraction of sp³-hybridized carbons (Fsp3) is 0.0833. The van der Waals surface area contributed by atoms with Gasteiger partial charge >= 0.3 is 11.9 Å². The van der Waals surface area contributed by atoms with Gasteiger partial charge in [-0.05, 0) is 18.2 Å².